The van der Waals surface area contributed by atoms with Crippen LogP contribution in [0, 0.1) is 6.92 Å². The van der Waals surface area contributed by atoms with E-state index in [0.717, 1.165) is 24.1 Å². The number of urea groups is 1. The third kappa shape index (κ3) is 3.21. The largest absolute Gasteiger partial charge is 0.472 e. The summed E-state index contributed by atoms with van der Waals surface area (Å²) < 4.78 is 5.81. The Morgan fingerprint density at radius 1 is 1.58 bits per heavy atom. The number of fused-ring (bicyclic) bond motifs is 1. The zero-order valence-corrected chi connectivity index (χ0v) is 11.0. The average Bonchev–Trinajstić information content (AvgIpc) is 2.38. The first-order valence-electron chi connectivity index (χ1n) is 6.24. The molecule has 0 saturated heterocycles. The van der Waals surface area contributed by atoms with Crippen molar-refractivity contribution in [1.82, 2.24) is 15.6 Å². The third-order valence-electron chi connectivity index (χ3n) is 3.15. The minimum absolute atomic E-state index is 0.140. The molecule has 1 aliphatic heterocycles. The fourth-order valence-corrected chi connectivity index (χ4v) is 2.10. The number of aromatic nitrogens is 1. The van der Waals surface area contributed by atoms with Gasteiger partial charge in [0.05, 0.1) is 6.04 Å². The molecule has 0 spiro atoms. The van der Waals surface area contributed by atoms with Crippen molar-refractivity contribution in [3.63, 3.8) is 0 Å². The van der Waals surface area contributed by atoms with Gasteiger partial charge in [0.25, 0.3) is 0 Å². The standard InChI is InChI=1S/C13H17N3O3/c1-8-3-4-10-5-6-11(19-12(10)15-8)9(2)16-13(18)14-7-17/h3-4,7,9,11H,5-6H2,1-2H3,(H2,14,16,17,18). The molecule has 0 aromatic carbocycles. The van der Waals surface area contributed by atoms with E-state index >= 15 is 0 Å². The van der Waals surface area contributed by atoms with Gasteiger partial charge in [-0.2, -0.15) is 0 Å². The van der Waals surface area contributed by atoms with Gasteiger partial charge in [0.2, 0.25) is 12.3 Å². The number of aryl methyl sites for hydroxylation is 2. The van der Waals surface area contributed by atoms with Crippen molar-refractivity contribution in [1.29, 1.82) is 0 Å². The number of nitrogens with one attached hydrogen (secondary N) is 2. The number of carbonyl (C=O) groups is 2. The van der Waals surface area contributed by atoms with Crippen molar-refractivity contribution in [3.05, 3.63) is 23.4 Å². The number of imide groups is 1. The zero-order chi connectivity index (χ0) is 13.8. The van der Waals surface area contributed by atoms with Gasteiger partial charge in [0, 0.05) is 11.3 Å². The van der Waals surface area contributed by atoms with E-state index in [2.05, 4.69) is 10.3 Å². The summed E-state index contributed by atoms with van der Waals surface area (Å²) in [6.45, 7) is 3.75. The van der Waals surface area contributed by atoms with Crippen LogP contribution in [0.25, 0.3) is 0 Å². The summed E-state index contributed by atoms with van der Waals surface area (Å²) >= 11 is 0. The lowest BCUT2D eigenvalue weighted by molar-refractivity contribution is -0.108. The van der Waals surface area contributed by atoms with Crippen molar-refractivity contribution in [2.75, 3.05) is 0 Å². The molecule has 102 valence electrons. The summed E-state index contributed by atoms with van der Waals surface area (Å²) in [6.07, 6.45) is 1.89. The van der Waals surface area contributed by atoms with Crippen molar-refractivity contribution in [2.45, 2.75) is 38.8 Å². The first-order chi connectivity index (χ1) is 9.10. The fourth-order valence-electron chi connectivity index (χ4n) is 2.10. The number of pyridine rings is 1. The van der Waals surface area contributed by atoms with Gasteiger partial charge >= 0.3 is 6.03 Å². The molecule has 1 aromatic rings. The Balaban J connectivity index is 2.00. The van der Waals surface area contributed by atoms with Crippen LogP contribution in [-0.4, -0.2) is 29.6 Å². The zero-order valence-electron chi connectivity index (χ0n) is 11.0. The Morgan fingerprint density at radius 2 is 2.37 bits per heavy atom. The van der Waals surface area contributed by atoms with Crippen LogP contribution in [-0.2, 0) is 11.2 Å². The van der Waals surface area contributed by atoms with Crippen LogP contribution in [0.2, 0.25) is 0 Å². The molecular formula is C13H17N3O3. The van der Waals surface area contributed by atoms with E-state index < -0.39 is 6.03 Å². The highest BCUT2D eigenvalue weighted by atomic mass is 16.5. The summed E-state index contributed by atoms with van der Waals surface area (Å²) in [4.78, 5) is 25.8. The molecule has 1 aliphatic rings. The molecule has 2 unspecified atom stereocenters. The molecular weight excluding hydrogens is 246 g/mol. The minimum atomic E-state index is -0.519. The molecule has 0 radical (unpaired) electrons. The first-order valence-corrected chi connectivity index (χ1v) is 6.24. The molecule has 2 N–H and O–H groups in total. The topological polar surface area (TPSA) is 80.3 Å². The lowest BCUT2D eigenvalue weighted by atomic mass is 10.0. The predicted molar refractivity (Wildman–Crippen MR) is 68.9 cm³/mol. The Bertz CT molecular complexity index is 490. The van der Waals surface area contributed by atoms with Gasteiger partial charge in [-0.25, -0.2) is 9.78 Å². The molecule has 3 amide bonds. The fraction of sp³-hybridized carbons (Fsp3) is 0.462. The monoisotopic (exact) mass is 263 g/mol. The van der Waals surface area contributed by atoms with E-state index in [9.17, 15) is 9.59 Å². The van der Waals surface area contributed by atoms with Crippen molar-refractivity contribution in [3.8, 4) is 5.88 Å². The second-order valence-corrected chi connectivity index (χ2v) is 4.64. The lowest BCUT2D eigenvalue weighted by Gasteiger charge is -2.30. The Hall–Kier alpha value is -2.11. The summed E-state index contributed by atoms with van der Waals surface area (Å²) in [5, 5.41) is 4.70. The molecule has 2 atom stereocenters. The van der Waals surface area contributed by atoms with Gasteiger partial charge in [-0.15, -0.1) is 0 Å². The number of nitrogens with zero attached hydrogens (tertiary/aromatic N) is 1. The maximum absolute atomic E-state index is 11.3. The highest BCUT2D eigenvalue weighted by Gasteiger charge is 2.26. The van der Waals surface area contributed by atoms with Crippen LogP contribution >= 0.6 is 0 Å². The number of rotatable bonds is 3. The number of hydrogen-bond acceptors (Lipinski definition) is 4. The molecule has 6 heteroatoms. The van der Waals surface area contributed by atoms with Gasteiger partial charge < -0.3 is 10.1 Å². The second kappa shape index (κ2) is 5.69. The van der Waals surface area contributed by atoms with E-state index in [0.29, 0.717) is 12.3 Å². The van der Waals surface area contributed by atoms with Gasteiger partial charge in [0.1, 0.15) is 6.10 Å². The normalized spacial score (nSPS) is 18.7. The molecule has 2 heterocycles. The number of ether oxygens (including phenoxy) is 1. The molecule has 0 bridgehead atoms. The van der Waals surface area contributed by atoms with E-state index in [1.165, 1.54) is 0 Å². The molecule has 0 fully saturated rings. The number of carbonyl (C=O) groups excluding carboxylic acids is 2. The quantitative estimate of drug-likeness (QED) is 0.795. The van der Waals surface area contributed by atoms with Crippen LogP contribution < -0.4 is 15.4 Å². The van der Waals surface area contributed by atoms with E-state index in [1.807, 2.05) is 31.3 Å². The molecule has 1 aromatic heterocycles. The van der Waals surface area contributed by atoms with E-state index in [1.54, 1.807) is 0 Å². The summed E-state index contributed by atoms with van der Waals surface area (Å²) in [5.74, 6) is 0.640. The predicted octanol–water partition coefficient (Wildman–Crippen LogP) is 0.928. The molecule has 0 aliphatic carbocycles. The third-order valence-corrected chi connectivity index (χ3v) is 3.15. The van der Waals surface area contributed by atoms with Gasteiger partial charge in [-0.1, -0.05) is 6.07 Å². The second-order valence-electron chi connectivity index (χ2n) is 4.64. The summed E-state index contributed by atoms with van der Waals surface area (Å²) in [7, 11) is 0. The van der Waals surface area contributed by atoms with Crippen molar-refractivity contribution >= 4 is 12.4 Å². The van der Waals surface area contributed by atoms with Gasteiger partial charge in [-0.3, -0.25) is 10.1 Å². The van der Waals surface area contributed by atoms with Gasteiger partial charge in [0.15, 0.2) is 0 Å². The average molecular weight is 263 g/mol. The summed E-state index contributed by atoms with van der Waals surface area (Å²) in [6, 6.07) is 3.26. The Kier molecular flexibility index (Phi) is 3.99. The molecule has 19 heavy (non-hydrogen) atoms. The SMILES string of the molecule is Cc1ccc2c(n1)OC(C(C)NC(=O)NC=O)CC2. The van der Waals surface area contributed by atoms with Crippen LogP contribution in [0.3, 0.4) is 0 Å². The van der Waals surface area contributed by atoms with E-state index in [-0.39, 0.29) is 12.1 Å². The molecule has 2 rings (SSSR count). The van der Waals surface area contributed by atoms with E-state index in [4.69, 9.17) is 4.74 Å². The Labute approximate surface area is 111 Å². The summed E-state index contributed by atoms with van der Waals surface area (Å²) in [5.41, 5.74) is 1.99. The van der Waals surface area contributed by atoms with Crippen LogP contribution in [0.15, 0.2) is 12.1 Å². The van der Waals surface area contributed by atoms with Crippen molar-refractivity contribution in [2.24, 2.45) is 0 Å². The van der Waals surface area contributed by atoms with Crippen LogP contribution in [0.5, 0.6) is 5.88 Å². The van der Waals surface area contributed by atoms with Gasteiger partial charge in [-0.05, 0) is 32.8 Å². The van der Waals surface area contributed by atoms with Crippen molar-refractivity contribution < 1.29 is 14.3 Å². The minimum Gasteiger partial charge on any atom is -0.472 e. The highest BCUT2D eigenvalue weighted by Crippen LogP contribution is 2.26. The van der Waals surface area contributed by atoms with Crippen LogP contribution in [0.4, 0.5) is 4.79 Å². The first kappa shape index (κ1) is 13.3. The maximum atomic E-state index is 11.3. The smallest absolute Gasteiger partial charge is 0.321 e. The molecule has 6 nitrogen and oxygen atoms in total. The molecule has 0 saturated carbocycles. The number of amides is 3. The lowest BCUT2D eigenvalue weighted by Crippen LogP contribution is -2.48. The highest BCUT2D eigenvalue weighted by molar-refractivity contribution is 5.84. The van der Waals surface area contributed by atoms with Crippen LogP contribution in [0.1, 0.15) is 24.6 Å². The maximum Gasteiger partial charge on any atom is 0.321 e. The number of hydrogen-bond donors (Lipinski definition) is 2. The Morgan fingerprint density at radius 3 is 3.11 bits per heavy atom.